The van der Waals surface area contributed by atoms with Gasteiger partial charge in [-0.05, 0) is 51.4 Å². The molecule has 2 heterocycles. The standard InChI is InChI=1S/C52H90O15/c1-3-5-7-9-11-13-15-17-19-20-21-23-24-26-28-30-32-34-43(54)62-37-40(65-44(55)35-33-31-29-27-25-22-18-16-14-12-10-8-6-4-2)38-63-51-50(61)48(59)46(57)42(67-51)39-64-52-49(60)47(58)45(56)41(36-53)66-52/h11,13,17,19,21,23,26,28,40-42,45-53,56-61H,3-10,12,14-16,18,20,22,24-25,27,29-39H2,1-2H3/b13-11+,19-17+,23-21+,28-26+/t40-,41+,42+,45-,46-,47?,48?,49?,50?,51+,52+/m0/s1. The zero-order chi connectivity index (χ0) is 48.9. The second-order valence-electron chi connectivity index (χ2n) is 18.0. The summed E-state index contributed by atoms with van der Waals surface area (Å²) < 4.78 is 33.5. The minimum Gasteiger partial charge on any atom is -0.462 e. The van der Waals surface area contributed by atoms with Crippen LogP contribution >= 0.6 is 0 Å². The lowest BCUT2D eigenvalue weighted by Gasteiger charge is -2.42. The number of carbonyl (C=O) groups is 2. The summed E-state index contributed by atoms with van der Waals surface area (Å²) >= 11 is 0. The van der Waals surface area contributed by atoms with Gasteiger partial charge in [-0.2, -0.15) is 0 Å². The van der Waals surface area contributed by atoms with E-state index in [-0.39, 0.29) is 19.4 Å². The van der Waals surface area contributed by atoms with Gasteiger partial charge in [0, 0.05) is 12.8 Å². The van der Waals surface area contributed by atoms with Gasteiger partial charge in [0.1, 0.15) is 55.4 Å². The average molecular weight is 955 g/mol. The topological polar surface area (TPSA) is 231 Å². The minimum absolute atomic E-state index is 0.142. The molecule has 15 heteroatoms. The first-order chi connectivity index (χ1) is 32.5. The van der Waals surface area contributed by atoms with Crippen LogP contribution in [0.4, 0.5) is 0 Å². The van der Waals surface area contributed by atoms with Crippen molar-refractivity contribution in [1.82, 2.24) is 0 Å². The van der Waals surface area contributed by atoms with Crippen LogP contribution in [0.3, 0.4) is 0 Å². The Morgan fingerprint density at radius 2 is 0.910 bits per heavy atom. The third kappa shape index (κ3) is 27.4. The van der Waals surface area contributed by atoms with E-state index in [1.807, 2.05) is 6.08 Å². The van der Waals surface area contributed by atoms with Crippen molar-refractivity contribution in [2.75, 3.05) is 26.4 Å². The molecular formula is C52H90O15. The molecule has 388 valence electrons. The van der Waals surface area contributed by atoms with Gasteiger partial charge in [0.2, 0.25) is 0 Å². The number of hydrogen-bond acceptors (Lipinski definition) is 15. The SMILES string of the molecule is CCCCC/C=C/C/C=C/C/C=C/C/C=C/CCCC(=O)OC[C@@H](CO[C@@H]1O[C@H](CO[C@@H]2O[C@H](CO)[C@H](O)C(O)C2O)[C@H](O)C(O)C1O)OC(=O)CCCCCCCCCCCCCCCC. The summed E-state index contributed by atoms with van der Waals surface area (Å²) in [5.41, 5.74) is 0. The van der Waals surface area contributed by atoms with Crippen LogP contribution in [0.25, 0.3) is 0 Å². The Bertz CT molecular complexity index is 1350. The van der Waals surface area contributed by atoms with Crippen LogP contribution in [0.15, 0.2) is 48.6 Å². The second-order valence-corrected chi connectivity index (χ2v) is 18.0. The Kier molecular flexibility index (Phi) is 35.5. The molecule has 67 heavy (non-hydrogen) atoms. The fraction of sp³-hybridized carbons (Fsp3) is 0.808. The summed E-state index contributed by atoms with van der Waals surface area (Å²) in [6, 6.07) is 0. The predicted octanol–water partition coefficient (Wildman–Crippen LogP) is 7.10. The van der Waals surface area contributed by atoms with Gasteiger partial charge in [-0.25, -0.2) is 0 Å². The molecule has 15 nitrogen and oxygen atoms in total. The van der Waals surface area contributed by atoms with Crippen LogP contribution in [0.1, 0.15) is 174 Å². The zero-order valence-electron chi connectivity index (χ0n) is 40.9. The van der Waals surface area contributed by atoms with Crippen LogP contribution in [-0.4, -0.2) is 142 Å². The van der Waals surface area contributed by atoms with Crippen molar-refractivity contribution in [1.29, 1.82) is 0 Å². The van der Waals surface area contributed by atoms with Gasteiger partial charge in [0.05, 0.1) is 19.8 Å². The lowest BCUT2D eigenvalue weighted by atomic mass is 9.98. The van der Waals surface area contributed by atoms with Gasteiger partial charge < -0.3 is 64.2 Å². The Hall–Kier alpha value is -2.54. The average Bonchev–Trinajstić information content (AvgIpc) is 3.32. The number of allylic oxidation sites excluding steroid dienone is 8. The summed E-state index contributed by atoms with van der Waals surface area (Å²) in [6.45, 7) is 2.50. The summed E-state index contributed by atoms with van der Waals surface area (Å²) in [6.07, 6.45) is 25.7. The number of rotatable bonds is 39. The molecule has 0 aromatic rings. The molecular weight excluding hydrogens is 865 g/mol. The van der Waals surface area contributed by atoms with Crippen LogP contribution in [0.5, 0.6) is 0 Å². The van der Waals surface area contributed by atoms with E-state index in [9.17, 15) is 45.3 Å². The van der Waals surface area contributed by atoms with Crippen molar-refractivity contribution >= 4 is 11.9 Å². The van der Waals surface area contributed by atoms with Gasteiger partial charge in [0.15, 0.2) is 18.7 Å². The number of carbonyl (C=O) groups excluding carboxylic acids is 2. The quantitative estimate of drug-likeness (QED) is 0.0185. The number of hydrogen-bond donors (Lipinski definition) is 7. The number of unbranched alkanes of at least 4 members (excludes halogenated alkanes) is 17. The minimum atomic E-state index is -1.77. The summed E-state index contributed by atoms with van der Waals surface area (Å²) in [7, 11) is 0. The molecule has 2 rings (SSSR count). The fourth-order valence-electron chi connectivity index (χ4n) is 7.80. The van der Waals surface area contributed by atoms with E-state index >= 15 is 0 Å². The van der Waals surface area contributed by atoms with E-state index in [1.165, 1.54) is 83.5 Å². The molecule has 0 bridgehead atoms. The number of ether oxygens (including phenoxy) is 6. The maximum atomic E-state index is 13.0. The van der Waals surface area contributed by atoms with E-state index in [4.69, 9.17) is 28.4 Å². The third-order valence-electron chi connectivity index (χ3n) is 12.1. The van der Waals surface area contributed by atoms with Crippen molar-refractivity contribution in [3.05, 3.63) is 48.6 Å². The van der Waals surface area contributed by atoms with Gasteiger partial charge in [-0.3, -0.25) is 9.59 Å². The molecule has 7 N–H and O–H groups in total. The van der Waals surface area contributed by atoms with Crippen molar-refractivity contribution < 1.29 is 73.8 Å². The van der Waals surface area contributed by atoms with E-state index in [0.29, 0.717) is 19.3 Å². The smallest absolute Gasteiger partial charge is 0.306 e. The monoisotopic (exact) mass is 955 g/mol. The largest absolute Gasteiger partial charge is 0.462 e. The lowest BCUT2D eigenvalue weighted by molar-refractivity contribution is -0.332. The Morgan fingerprint density at radius 1 is 0.478 bits per heavy atom. The molecule has 2 aliphatic rings. The maximum absolute atomic E-state index is 13.0. The van der Waals surface area contributed by atoms with Crippen molar-refractivity contribution in [2.45, 2.75) is 242 Å². The van der Waals surface area contributed by atoms with Gasteiger partial charge >= 0.3 is 11.9 Å². The first kappa shape index (κ1) is 60.6. The van der Waals surface area contributed by atoms with Gasteiger partial charge in [-0.15, -0.1) is 0 Å². The molecule has 2 saturated heterocycles. The molecule has 0 spiro atoms. The van der Waals surface area contributed by atoms with Crippen molar-refractivity contribution in [2.24, 2.45) is 0 Å². The predicted molar refractivity (Wildman–Crippen MR) is 257 cm³/mol. The van der Waals surface area contributed by atoms with Gasteiger partial charge in [0.25, 0.3) is 0 Å². The maximum Gasteiger partial charge on any atom is 0.306 e. The second kappa shape index (κ2) is 39.2. The van der Waals surface area contributed by atoms with Crippen LogP contribution in [0, 0.1) is 0 Å². The Labute approximate surface area is 401 Å². The lowest BCUT2D eigenvalue weighted by Crippen LogP contribution is -2.61. The van der Waals surface area contributed by atoms with E-state index < -0.39 is 99.3 Å². The third-order valence-corrected chi connectivity index (χ3v) is 12.1. The molecule has 0 radical (unpaired) electrons. The molecule has 0 saturated carbocycles. The van der Waals surface area contributed by atoms with Crippen molar-refractivity contribution in [3.63, 3.8) is 0 Å². The number of aliphatic hydroxyl groups excluding tert-OH is 7. The highest BCUT2D eigenvalue weighted by Crippen LogP contribution is 2.26. The normalized spacial score (nSPS) is 26.3. The summed E-state index contributed by atoms with van der Waals surface area (Å²) in [5.74, 6) is -0.989. The summed E-state index contributed by atoms with van der Waals surface area (Å²) in [4.78, 5) is 25.7. The molecule has 0 aliphatic carbocycles. The zero-order valence-corrected chi connectivity index (χ0v) is 40.9. The van der Waals surface area contributed by atoms with Gasteiger partial charge in [-0.1, -0.05) is 159 Å². The molecule has 0 aromatic heterocycles. The molecule has 2 fully saturated rings. The number of esters is 2. The molecule has 0 aromatic carbocycles. The van der Waals surface area contributed by atoms with Crippen LogP contribution in [0.2, 0.25) is 0 Å². The highest BCUT2D eigenvalue weighted by molar-refractivity contribution is 5.70. The van der Waals surface area contributed by atoms with Crippen LogP contribution in [-0.2, 0) is 38.0 Å². The molecule has 4 unspecified atom stereocenters. The fourth-order valence-corrected chi connectivity index (χ4v) is 7.80. The molecule has 2 aliphatic heterocycles. The molecule has 0 amide bonds. The molecule has 11 atom stereocenters. The first-order valence-electron chi connectivity index (χ1n) is 25.7. The van der Waals surface area contributed by atoms with E-state index in [0.717, 1.165) is 44.9 Å². The van der Waals surface area contributed by atoms with E-state index in [1.54, 1.807) is 0 Å². The first-order valence-corrected chi connectivity index (χ1v) is 25.7. The summed E-state index contributed by atoms with van der Waals surface area (Å²) in [5, 5.41) is 72.0. The number of aliphatic hydroxyl groups is 7. The van der Waals surface area contributed by atoms with Crippen LogP contribution < -0.4 is 0 Å². The highest BCUT2D eigenvalue weighted by Gasteiger charge is 2.47. The Balaban J connectivity index is 1.84. The van der Waals surface area contributed by atoms with Crippen molar-refractivity contribution in [3.8, 4) is 0 Å². The highest BCUT2D eigenvalue weighted by atomic mass is 16.7. The van der Waals surface area contributed by atoms with E-state index in [2.05, 4.69) is 56.4 Å². The Morgan fingerprint density at radius 3 is 1.45 bits per heavy atom.